The number of methoxy groups -OCH3 is 2. The first-order valence-corrected chi connectivity index (χ1v) is 5.69. The van der Waals surface area contributed by atoms with Crippen molar-refractivity contribution in [2.45, 2.75) is 12.0 Å². The molecule has 0 saturated carbocycles. The Labute approximate surface area is 109 Å². The molecule has 0 spiro atoms. The number of esters is 2. The number of hydrogen-bond donors (Lipinski definition) is 1. The lowest BCUT2D eigenvalue weighted by Gasteiger charge is -2.23. The number of carbonyl (C=O) groups is 2. The largest absolute Gasteiger partial charge is 0.493 e. The topological polar surface area (TPSA) is 82.1 Å². The maximum absolute atomic E-state index is 11.7. The molecule has 2 rings (SSSR count). The quantitative estimate of drug-likeness (QED) is 0.619. The summed E-state index contributed by atoms with van der Waals surface area (Å²) in [5.41, 5.74) is -1.53. The van der Waals surface area contributed by atoms with Crippen LogP contribution in [-0.4, -0.2) is 37.9 Å². The highest BCUT2D eigenvalue weighted by molar-refractivity contribution is 6.04. The molecule has 0 unspecified atom stereocenters. The molecule has 1 aliphatic rings. The molecule has 19 heavy (non-hydrogen) atoms. The average molecular weight is 266 g/mol. The van der Waals surface area contributed by atoms with Crippen LogP contribution in [0.5, 0.6) is 5.75 Å². The van der Waals surface area contributed by atoms with E-state index < -0.39 is 17.5 Å². The van der Waals surface area contributed by atoms with Crippen LogP contribution in [0.25, 0.3) is 0 Å². The van der Waals surface area contributed by atoms with Crippen molar-refractivity contribution in [3.8, 4) is 5.75 Å². The van der Waals surface area contributed by atoms with E-state index in [1.807, 2.05) is 0 Å². The van der Waals surface area contributed by atoms with Gasteiger partial charge in [0.1, 0.15) is 5.75 Å². The molecule has 6 heteroatoms. The van der Waals surface area contributed by atoms with Crippen molar-refractivity contribution < 1.29 is 28.9 Å². The summed E-state index contributed by atoms with van der Waals surface area (Å²) < 4.78 is 14.3. The summed E-state index contributed by atoms with van der Waals surface area (Å²) in [7, 11) is 2.18. The van der Waals surface area contributed by atoms with Crippen LogP contribution in [0.15, 0.2) is 18.2 Å². The van der Waals surface area contributed by atoms with Gasteiger partial charge in [-0.15, -0.1) is 0 Å². The predicted octanol–water partition coefficient (Wildman–Crippen LogP) is 0.155. The third kappa shape index (κ3) is 2.04. The fourth-order valence-electron chi connectivity index (χ4n) is 2.03. The molecule has 1 N–H and O–H groups in total. The van der Waals surface area contributed by atoms with Gasteiger partial charge < -0.3 is 19.3 Å². The highest BCUT2D eigenvalue weighted by Crippen LogP contribution is 2.32. The average Bonchev–Trinajstić information content (AvgIpc) is 2.91. The first kappa shape index (κ1) is 13.4. The van der Waals surface area contributed by atoms with E-state index in [1.165, 1.54) is 6.07 Å². The van der Waals surface area contributed by atoms with Gasteiger partial charge in [0, 0.05) is 12.0 Å². The highest BCUT2D eigenvalue weighted by Gasteiger charge is 2.49. The molecular formula is C13H14O6. The number of hydrogen-bond acceptors (Lipinski definition) is 6. The van der Waals surface area contributed by atoms with Crippen LogP contribution >= 0.6 is 0 Å². The van der Waals surface area contributed by atoms with Crippen LogP contribution in [0.4, 0.5) is 0 Å². The molecule has 1 aromatic rings. The number of ether oxygens (including phenoxy) is 3. The van der Waals surface area contributed by atoms with Gasteiger partial charge in [-0.1, -0.05) is 6.07 Å². The molecule has 0 aromatic heterocycles. The molecule has 0 amide bonds. The molecule has 102 valence electrons. The van der Waals surface area contributed by atoms with E-state index >= 15 is 0 Å². The van der Waals surface area contributed by atoms with Gasteiger partial charge in [-0.25, -0.2) is 9.59 Å². The van der Waals surface area contributed by atoms with E-state index in [9.17, 15) is 14.7 Å². The summed E-state index contributed by atoms with van der Waals surface area (Å²) in [6.07, 6.45) is 0.654. The molecule has 0 radical (unpaired) electrons. The van der Waals surface area contributed by atoms with Gasteiger partial charge in [-0.05, 0) is 17.7 Å². The minimum absolute atomic E-state index is 0.107. The first-order chi connectivity index (χ1) is 9.03. The number of fused-ring (bicyclic) bond motifs is 1. The van der Waals surface area contributed by atoms with Crippen LogP contribution < -0.4 is 4.74 Å². The maximum Gasteiger partial charge on any atom is 0.354 e. The molecule has 0 aliphatic carbocycles. The van der Waals surface area contributed by atoms with Gasteiger partial charge in [0.25, 0.3) is 5.60 Å². The Morgan fingerprint density at radius 1 is 1.26 bits per heavy atom. The monoisotopic (exact) mass is 266 g/mol. The SMILES string of the molecule is COC(=O)C(O)(C(=O)OC)c1ccc2c(c1)CCO2. The second-order valence-corrected chi connectivity index (χ2v) is 4.11. The van der Waals surface area contributed by atoms with Gasteiger partial charge in [0.05, 0.1) is 20.8 Å². The lowest BCUT2D eigenvalue weighted by atomic mass is 9.92. The molecule has 1 aromatic carbocycles. The van der Waals surface area contributed by atoms with Crippen molar-refractivity contribution in [1.82, 2.24) is 0 Å². The fourth-order valence-corrected chi connectivity index (χ4v) is 2.03. The zero-order valence-corrected chi connectivity index (χ0v) is 10.6. The van der Waals surface area contributed by atoms with Crippen molar-refractivity contribution >= 4 is 11.9 Å². The standard InChI is InChI=1S/C13H14O6/c1-17-11(14)13(16,12(15)18-2)9-3-4-10-8(7-9)5-6-19-10/h3-4,7,16H,5-6H2,1-2H3. The van der Waals surface area contributed by atoms with Crippen LogP contribution in [0.3, 0.4) is 0 Å². The van der Waals surface area contributed by atoms with Crippen molar-refractivity contribution in [2.75, 3.05) is 20.8 Å². The van der Waals surface area contributed by atoms with E-state index in [1.54, 1.807) is 12.1 Å². The van der Waals surface area contributed by atoms with Gasteiger partial charge in [-0.2, -0.15) is 0 Å². The lowest BCUT2D eigenvalue weighted by Crippen LogP contribution is -2.45. The second-order valence-electron chi connectivity index (χ2n) is 4.11. The zero-order chi connectivity index (χ0) is 14.0. The van der Waals surface area contributed by atoms with Crippen molar-refractivity contribution in [1.29, 1.82) is 0 Å². The Bertz CT molecular complexity index is 506. The Balaban J connectivity index is 2.50. The molecule has 0 fully saturated rings. The third-order valence-electron chi connectivity index (χ3n) is 3.07. The highest BCUT2D eigenvalue weighted by atomic mass is 16.6. The smallest absolute Gasteiger partial charge is 0.354 e. The summed E-state index contributed by atoms with van der Waals surface area (Å²) in [4.78, 5) is 23.5. The van der Waals surface area contributed by atoms with Crippen LogP contribution in [0.2, 0.25) is 0 Å². The normalized spacial score (nSPS) is 13.4. The minimum Gasteiger partial charge on any atom is -0.493 e. The van der Waals surface area contributed by atoms with E-state index in [0.717, 1.165) is 19.8 Å². The molecule has 1 heterocycles. The second kappa shape index (κ2) is 4.89. The van der Waals surface area contributed by atoms with Crippen molar-refractivity contribution in [3.05, 3.63) is 29.3 Å². The number of aliphatic hydroxyl groups is 1. The van der Waals surface area contributed by atoms with E-state index in [2.05, 4.69) is 9.47 Å². The van der Waals surface area contributed by atoms with Crippen LogP contribution in [0, 0.1) is 0 Å². The zero-order valence-electron chi connectivity index (χ0n) is 10.6. The fraction of sp³-hybridized carbons (Fsp3) is 0.385. The maximum atomic E-state index is 11.7. The van der Waals surface area contributed by atoms with Crippen LogP contribution in [0.1, 0.15) is 11.1 Å². The van der Waals surface area contributed by atoms with Crippen molar-refractivity contribution in [2.24, 2.45) is 0 Å². The molecule has 6 nitrogen and oxygen atoms in total. The Morgan fingerprint density at radius 2 is 1.89 bits per heavy atom. The predicted molar refractivity (Wildman–Crippen MR) is 63.6 cm³/mol. The van der Waals surface area contributed by atoms with E-state index in [4.69, 9.17) is 4.74 Å². The van der Waals surface area contributed by atoms with Crippen molar-refractivity contribution in [3.63, 3.8) is 0 Å². The number of benzene rings is 1. The van der Waals surface area contributed by atoms with Gasteiger partial charge in [0.15, 0.2) is 0 Å². The van der Waals surface area contributed by atoms with Gasteiger partial charge in [-0.3, -0.25) is 0 Å². The molecule has 1 aliphatic heterocycles. The first-order valence-electron chi connectivity index (χ1n) is 5.69. The molecule has 0 atom stereocenters. The molecular weight excluding hydrogens is 252 g/mol. The lowest BCUT2D eigenvalue weighted by molar-refractivity contribution is -0.181. The Hall–Kier alpha value is -2.08. The summed E-state index contributed by atoms with van der Waals surface area (Å²) >= 11 is 0. The summed E-state index contributed by atoms with van der Waals surface area (Å²) in [5.74, 6) is -1.49. The molecule has 0 saturated heterocycles. The Morgan fingerprint density at radius 3 is 2.47 bits per heavy atom. The minimum atomic E-state index is -2.46. The van der Waals surface area contributed by atoms with E-state index in [0.29, 0.717) is 18.8 Å². The van der Waals surface area contributed by atoms with E-state index in [-0.39, 0.29) is 5.56 Å². The van der Waals surface area contributed by atoms with Gasteiger partial charge in [0.2, 0.25) is 0 Å². The summed E-state index contributed by atoms with van der Waals surface area (Å²) in [6, 6.07) is 4.60. The Kier molecular flexibility index (Phi) is 3.44. The van der Waals surface area contributed by atoms with Crippen LogP contribution in [-0.2, 0) is 31.1 Å². The number of carbonyl (C=O) groups excluding carboxylic acids is 2. The number of rotatable bonds is 3. The van der Waals surface area contributed by atoms with Gasteiger partial charge >= 0.3 is 11.9 Å². The molecule has 0 bridgehead atoms. The third-order valence-corrected chi connectivity index (χ3v) is 3.07. The summed E-state index contributed by atoms with van der Waals surface area (Å²) in [6.45, 7) is 0.535. The summed E-state index contributed by atoms with van der Waals surface area (Å²) in [5, 5.41) is 10.4.